The molecule has 0 fully saturated rings. The molecule has 0 spiro atoms. The van der Waals surface area contributed by atoms with E-state index in [-0.39, 0.29) is 23.6 Å². The van der Waals surface area contributed by atoms with Gasteiger partial charge < -0.3 is 78.1 Å². The molecule has 0 radical (unpaired) electrons. The highest BCUT2D eigenvalue weighted by Crippen LogP contribution is 2.31. The SMILES string of the molecule is Cc1ccc(-c2nc3ccc(C)cn3c2CC(=O)N(C)C)cc1.Cc1ccc(-c2nc3ccc(C)cn3c2CC(=O)N(C)C)cc1.Cc1ccc(-c2nc3ccc(C)cn3c2CC(=O)N(C)C)cc1.Cc1ccc(-c2nc3ccc(C)cn3c2CC(=O)N(C)C)cc1.O=C(O)C(O)C(O)C(=O)O.O=C(O)C(O)C(O)C(=O)O. The Bertz CT molecular complexity index is 4690. The number of carbonyl (C=O) groups excluding carboxylic acids is 4. The molecule has 0 bridgehead atoms. The van der Waals surface area contributed by atoms with Crippen molar-refractivity contribution in [3.8, 4) is 45.0 Å². The molecule has 0 aliphatic rings. The summed E-state index contributed by atoms with van der Waals surface area (Å²) >= 11 is 0. The third-order valence-corrected chi connectivity index (χ3v) is 17.6. The molecule has 4 atom stereocenters. The largest absolute Gasteiger partial charge is 0.479 e. The van der Waals surface area contributed by atoms with Crippen LogP contribution in [0.15, 0.2) is 170 Å². The van der Waals surface area contributed by atoms with Crippen molar-refractivity contribution in [3.63, 3.8) is 0 Å². The first kappa shape index (κ1) is 86.5. The average molecular weight is 1530 g/mol. The fourth-order valence-corrected chi connectivity index (χ4v) is 11.0. The number of fused-ring (bicyclic) bond motifs is 4. The third-order valence-electron chi connectivity index (χ3n) is 17.6. The number of nitrogens with zero attached hydrogens (tertiary/aromatic N) is 12. The van der Waals surface area contributed by atoms with Gasteiger partial charge in [-0.15, -0.1) is 0 Å². The van der Waals surface area contributed by atoms with Gasteiger partial charge in [0.25, 0.3) is 0 Å². The van der Waals surface area contributed by atoms with E-state index < -0.39 is 48.3 Å². The number of hydrogen-bond donors (Lipinski definition) is 8. The molecule has 8 N–H and O–H groups in total. The maximum absolute atomic E-state index is 12.3. The Morgan fingerprint density at radius 2 is 0.420 bits per heavy atom. The van der Waals surface area contributed by atoms with E-state index in [1.165, 1.54) is 22.3 Å². The Labute approximate surface area is 648 Å². The standard InChI is InChI=1S/4C19H21N3O.2C4H6O6/c4*1-13-5-8-15(9-6-13)19-16(11-18(23)21(3)4)22-12-14(2)7-10-17(22)20-19;2*5-1(3(7)8)2(6)4(9)10/h4*5-10,12H,11H2,1-4H3;2*1-2,5-6H,(H,7,8)(H,9,10). The molecule has 0 aliphatic carbocycles. The topological polar surface area (TPSA) is 381 Å². The highest BCUT2D eigenvalue weighted by Gasteiger charge is 2.31. The molecule has 4 unspecified atom stereocenters. The zero-order chi connectivity index (χ0) is 82.9. The van der Waals surface area contributed by atoms with Crippen molar-refractivity contribution in [3.05, 3.63) is 238 Å². The molecule has 8 aromatic heterocycles. The van der Waals surface area contributed by atoms with Gasteiger partial charge in [-0.05, 0) is 102 Å². The Morgan fingerprint density at radius 3 is 0.562 bits per heavy atom. The van der Waals surface area contributed by atoms with E-state index in [0.717, 1.165) is 113 Å². The number of imidazole rings is 4. The Kier molecular flexibility index (Phi) is 29.8. The monoisotopic (exact) mass is 1530 g/mol. The minimum atomic E-state index is -2.27. The first-order chi connectivity index (χ1) is 52.7. The quantitative estimate of drug-likeness (QED) is 0.0398. The number of likely N-dealkylation sites (N-methyl/N-ethyl adjacent to an activating group) is 4. The van der Waals surface area contributed by atoms with Crippen LogP contribution in [-0.2, 0) is 64.0 Å². The first-order valence-corrected chi connectivity index (χ1v) is 35.4. The predicted molar refractivity (Wildman–Crippen MR) is 425 cm³/mol. The van der Waals surface area contributed by atoms with Gasteiger partial charge >= 0.3 is 23.9 Å². The number of aromatic nitrogens is 8. The number of carbonyl (C=O) groups is 8. The number of carboxylic acids is 4. The van der Waals surface area contributed by atoms with Crippen molar-refractivity contribution < 1.29 is 79.2 Å². The van der Waals surface area contributed by atoms with Crippen LogP contribution < -0.4 is 0 Å². The minimum absolute atomic E-state index is 0.0710. The highest BCUT2D eigenvalue weighted by atomic mass is 16.4. The van der Waals surface area contributed by atoms with Gasteiger partial charge in [0.05, 0.1) is 71.2 Å². The molecule has 588 valence electrons. The van der Waals surface area contributed by atoms with E-state index in [1.54, 1.807) is 76.0 Å². The molecule has 12 aromatic rings. The lowest BCUT2D eigenvalue weighted by Gasteiger charge is -2.11. The molecule has 0 saturated heterocycles. The van der Waals surface area contributed by atoms with E-state index in [9.17, 15) is 38.4 Å². The van der Waals surface area contributed by atoms with Gasteiger partial charge in [0, 0.05) is 103 Å². The number of benzene rings is 4. The number of pyridine rings is 4. The van der Waals surface area contributed by atoms with Crippen LogP contribution in [0, 0.1) is 55.4 Å². The van der Waals surface area contributed by atoms with E-state index >= 15 is 0 Å². The molecule has 12 rings (SSSR count). The molecule has 8 heterocycles. The van der Waals surface area contributed by atoms with Gasteiger partial charge in [0.1, 0.15) is 22.6 Å². The summed E-state index contributed by atoms with van der Waals surface area (Å²) in [5, 5.41) is 65.1. The number of aliphatic hydroxyl groups excluding tert-OH is 4. The average Bonchev–Trinajstić information content (AvgIpc) is 1.65. The van der Waals surface area contributed by atoms with Crippen molar-refractivity contribution >= 4 is 70.1 Å². The summed E-state index contributed by atoms with van der Waals surface area (Å²) in [6.45, 7) is 16.4. The normalized spacial score (nSPS) is 11.8. The van der Waals surface area contributed by atoms with Crippen LogP contribution in [0.25, 0.3) is 67.6 Å². The molecule has 28 nitrogen and oxygen atoms in total. The van der Waals surface area contributed by atoms with Crippen molar-refractivity contribution in [2.45, 2.75) is 105 Å². The van der Waals surface area contributed by atoms with Gasteiger partial charge in [-0.3, -0.25) is 19.2 Å². The molecule has 0 aliphatic heterocycles. The summed E-state index contributed by atoms with van der Waals surface area (Å²) < 4.78 is 8.13. The molecule has 4 amide bonds. The van der Waals surface area contributed by atoms with Crippen molar-refractivity contribution in [1.29, 1.82) is 0 Å². The number of amides is 4. The lowest BCUT2D eigenvalue weighted by molar-refractivity contribution is -0.165. The van der Waals surface area contributed by atoms with E-state index in [0.29, 0.717) is 25.7 Å². The molecular formula is C84H96N12O16. The summed E-state index contributed by atoms with van der Waals surface area (Å²) in [7, 11) is 14.2. The van der Waals surface area contributed by atoms with Gasteiger partial charge in [-0.1, -0.05) is 144 Å². The Morgan fingerprint density at radius 1 is 0.268 bits per heavy atom. The zero-order valence-electron chi connectivity index (χ0n) is 65.5. The number of aliphatic carboxylic acids is 4. The summed E-state index contributed by atoms with van der Waals surface area (Å²) in [6, 6.07) is 49.2. The Balaban J connectivity index is 0.000000192. The van der Waals surface area contributed by atoms with Crippen LogP contribution in [0.5, 0.6) is 0 Å². The van der Waals surface area contributed by atoms with E-state index in [2.05, 4.69) is 125 Å². The highest BCUT2D eigenvalue weighted by molar-refractivity contribution is 5.86. The van der Waals surface area contributed by atoms with Gasteiger partial charge in [0.15, 0.2) is 24.4 Å². The number of aliphatic hydroxyl groups is 4. The smallest absolute Gasteiger partial charge is 0.335 e. The number of hydrogen-bond acceptors (Lipinski definition) is 16. The summed E-state index contributed by atoms with van der Waals surface area (Å²) in [5.74, 6) is -6.79. The van der Waals surface area contributed by atoms with Crippen LogP contribution in [0.2, 0.25) is 0 Å². The number of aryl methyl sites for hydroxylation is 8. The lowest BCUT2D eigenvalue weighted by atomic mass is 10.1. The molecule has 28 heteroatoms. The van der Waals surface area contributed by atoms with Gasteiger partial charge in [-0.25, -0.2) is 39.1 Å². The maximum Gasteiger partial charge on any atom is 0.335 e. The molecule has 112 heavy (non-hydrogen) atoms. The van der Waals surface area contributed by atoms with Crippen LogP contribution >= 0.6 is 0 Å². The van der Waals surface area contributed by atoms with Crippen LogP contribution in [-0.4, -0.2) is 226 Å². The van der Waals surface area contributed by atoms with Crippen LogP contribution in [0.3, 0.4) is 0 Å². The fraction of sp³-hybridized carbons (Fsp3) is 0.286. The second-order valence-corrected chi connectivity index (χ2v) is 27.8. The third kappa shape index (κ3) is 22.7. The molecule has 4 aromatic carbocycles. The molecule has 0 saturated carbocycles. The van der Waals surface area contributed by atoms with Crippen molar-refractivity contribution in [2.75, 3.05) is 56.4 Å². The van der Waals surface area contributed by atoms with Gasteiger partial charge in [-0.2, -0.15) is 0 Å². The van der Waals surface area contributed by atoms with Gasteiger partial charge in [0.2, 0.25) is 23.6 Å². The summed E-state index contributed by atoms with van der Waals surface area (Å²) in [4.78, 5) is 114. The summed E-state index contributed by atoms with van der Waals surface area (Å²) in [6.07, 6.45) is 0.432. The maximum atomic E-state index is 12.3. The minimum Gasteiger partial charge on any atom is -0.479 e. The molecular weight excluding hydrogens is 1430 g/mol. The van der Waals surface area contributed by atoms with Crippen molar-refractivity contribution in [2.24, 2.45) is 0 Å². The second-order valence-electron chi connectivity index (χ2n) is 27.8. The number of rotatable bonds is 18. The lowest BCUT2D eigenvalue weighted by Crippen LogP contribution is -2.39. The van der Waals surface area contributed by atoms with Crippen LogP contribution in [0.1, 0.15) is 67.3 Å². The predicted octanol–water partition coefficient (Wildman–Crippen LogP) is 8.75. The van der Waals surface area contributed by atoms with E-state index in [1.807, 2.05) is 119 Å². The van der Waals surface area contributed by atoms with Crippen molar-refractivity contribution in [1.82, 2.24) is 57.1 Å². The second kappa shape index (κ2) is 38.5. The fourth-order valence-electron chi connectivity index (χ4n) is 11.0. The first-order valence-electron chi connectivity index (χ1n) is 35.4. The van der Waals surface area contributed by atoms with E-state index in [4.69, 9.17) is 60.8 Å². The summed E-state index contributed by atoms with van der Waals surface area (Å²) in [5.41, 5.74) is 24.3. The Hall–Kier alpha value is -12.8. The zero-order valence-corrected chi connectivity index (χ0v) is 65.5. The van der Waals surface area contributed by atoms with Crippen LogP contribution in [0.4, 0.5) is 0 Å². The number of carboxylic acid groups (broad SMARTS) is 4.